The summed E-state index contributed by atoms with van der Waals surface area (Å²) in [6.07, 6.45) is 3.31. The van der Waals surface area contributed by atoms with Crippen LogP contribution in [0.5, 0.6) is 0 Å². The molecule has 0 bridgehead atoms. The van der Waals surface area contributed by atoms with Crippen LogP contribution in [0, 0.1) is 11.6 Å². The molecular formula is C22H25F2N7O2S. The predicted molar refractivity (Wildman–Crippen MR) is 124 cm³/mol. The number of hydrogen-bond acceptors (Lipinski definition) is 8. The van der Waals surface area contributed by atoms with Gasteiger partial charge in [-0.1, -0.05) is 0 Å². The molecule has 0 fully saturated rings. The lowest BCUT2D eigenvalue weighted by atomic mass is 10.1. The number of carbonyl (C=O) groups is 1. The summed E-state index contributed by atoms with van der Waals surface area (Å²) in [5.74, 6) is -1.30. The van der Waals surface area contributed by atoms with Crippen LogP contribution in [0.4, 0.5) is 14.7 Å². The Hall–Kier alpha value is -3.25. The molecule has 0 aliphatic heterocycles. The number of aryl methyl sites for hydroxylation is 1. The Labute approximate surface area is 198 Å². The summed E-state index contributed by atoms with van der Waals surface area (Å²) in [7, 11) is 1.72. The van der Waals surface area contributed by atoms with Gasteiger partial charge < -0.3 is 15.7 Å². The Morgan fingerprint density at radius 2 is 2.06 bits per heavy atom. The van der Waals surface area contributed by atoms with E-state index in [1.165, 1.54) is 22.0 Å². The maximum absolute atomic E-state index is 14.1. The Kier molecular flexibility index (Phi) is 6.21. The van der Waals surface area contributed by atoms with Gasteiger partial charge in [0.15, 0.2) is 17.3 Å². The number of nitrogen functional groups attached to an aromatic ring is 1. The molecule has 1 amide bonds. The van der Waals surface area contributed by atoms with E-state index in [-0.39, 0.29) is 34.4 Å². The second kappa shape index (κ2) is 8.84. The maximum Gasteiger partial charge on any atom is 0.265 e. The molecule has 3 N–H and O–H groups in total. The monoisotopic (exact) mass is 489 g/mol. The van der Waals surface area contributed by atoms with Gasteiger partial charge in [0, 0.05) is 25.6 Å². The zero-order chi connectivity index (χ0) is 24.8. The molecule has 4 rings (SSSR count). The second-order valence-electron chi connectivity index (χ2n) is 8.76. The van der Waals surface area contributed by atoms with Crippen molar-refractivity contribution in [2.24, 2.45) is 0 Å². The smallest absolute Gasteiger partial charge is 0.265 e. The quantitative estimate of drug-likeness (QED) is 0.408. The van der Waals surface area contributed by atoms with Gasteiger partial charge in [-0.3, -0.25) is 4.79 Å². The number of anilines is 1. The van der Waals surface area contributed by atoms with E-state index in [2.05, 4.69) is 20.1 Å². The highest BCUT2D eigenvalue weighted by Gasteiger charge is 2.25. The average Bonchev–Trinajstić information content (AvgIpc) is 3.41. The average molecular weight is 490 g/mol. The van der Waals surface area contributed by atoms with Crippen LogP contribution in [0.3, 0.4) is 0 Å². The van der Waals surface area contributed by atoms with Crippen molar-refractivity contribution in [3.05, 3.63) is 45.7 Å². The van der Waals surface area contributed by atoms with Crippen molar-refractivity contribution < 1.29 is 18.7 Å². The molecule has 9 nitrogen and oxygen atoms in total. The van der Waals surface area contributed by atoms with Crippen LogP contribution >= 0.6 is 11.3 Å². The van der Waals surface area contributed by atoms with Gasteiger partial charge in [-0.2, -0.15) is 4.52 Å². The highest BCUT2D eigenvalue weighted by atomic mass is 32.1. The van der Waals surface area contributed by atoms with Crippen molar-refractivity contribution >= 4 is 39.7 Å². The fourth-order valence-corrected chi connectivity index (χ4v) is 4.49. The van der Waals surface area contributed by atoms with Crippen molar-refractivity contribution in [2.75, 3.05) is 12.8 Å². The lowest BCUT2D eigenvalue weighted by Gasteiger charge is -2.24. The highest BCUT2D eigenvalue weighted by molar-refractivity contribution is 7.13. The predicted octanol–water partition coefficient (Wildman–Crippen LogP) is 3.31. The number of rotatable bonds is 7. The van der Waals surface area contributed by atoms with Gasteiger partial charge in [0.25, 0.3) is 5.91 Å². The van der Waals surface area contributed by atoms with Gasteiger partial charge in [0.2, 0.25) is 5.95 Å². The van der Waals surface area contributed by atoms with Crippen LogP contribution in [0.2, 0.25) is 0 Å². The lowest BCUT2D eigenvalue weighted by Crippen LogP contribution is -2.34. The van der Waals surface area contributed by atoms with E-state index in [0.717, 1.165) is 12.1 Å². The summed E-state index contributed by atoms with van der Waals surface area (Å²) in [5, 5.41) is 15.1. The number of amides is 1. The maximum atomic E-state index is 14.1. The third-order valence-corrected chi connectivity index (χ3v) is 6.91. The summed E-state index contributed by atoms with van der Waals surface area (Å²) in [6, 6.07) is 1.83. The number of benzene rings is 1. The summed E-state index contributed by atoms with van der Waals surface area (Å²) in [4.78, 5) is 27.5. The van der Waals surface area contributed by atoms with E-state index in [0.29, 0.717) is 35.0 Å². The van der Waals surface area contributed by atoms with Crippen LogP contribution in [-0.2, 0) is 12.0 Å². The molecule has 0 unspecified atom stereocenters. The van der Waals surface area contributed by atoms with E-state index in [9.17, 15) is 18.7 Å². The number of thiazole rings is 1. The van der Waals surface area contributed by atoms with Crippen LogP contribution in [0.15, 0.2) is 18.3 Å². The fraction of sp³-hybridized carbons (Fsp3) is 0.409. The number of hydrogen-bond donors (Lipinski definition) is 2. The topological polar surface area (TPSA) is 123 Å². The molecule has 0 saturated carbocycles. The van der Waals surface area contributed by atoms with Gasteiger partial charge in [-0.25, -0.2) is 23.7 Å². The number of nitrogens with zero attached hydrogens (tertiary/aromatic N) is 6. The molecule has 180 valence electrons. The largest absolute Gasteiger partial charge is 0.383 e. The third-order valence-electron chi connectivity index (χ3n) is 5.61. The first-order chi connectivity index (χ1) is 16.0. The van der Waals surface area contributed by atoms with Gasteiger partial charge in [-0.05, 0) is 39.7 Å². The first kappa shape index (κ1) is 23.9. The molecule has 3 aromatic heterocycles. The Bertz CT molecular complexity index is 1380. The Morgan fingerprint density at radius 1 is 1.32 bits per heavy atom. The molecule has 12 heteroatoms. The number of aliphatic hydroxyl groups is 1. The number of halogens is 2. The SMILES string of the molecule is C[C@@H](CCCc1nc2c3cc(F)cc(F)c3nc(N)n2n1)N(C)C(=O)c1cnc(C(C)(C)O)s1. The molecule has 0 aliphatic carbocycles. The van der Waals surface area contributed by atoms with Crippen LogP contribution in [-0.4, -0.2) is 53.6 Å². The Morgan fingerprint density at radius 3 is 2.74 bits per heavy atom. The number of carbonyl (C=O) groups excluding carboxylic acids is 1. The van der Waals surface area contributed by atoms with Crippen molar-refractivity contribution in [3.63, 3.8) is 0 Å². The van der Waals surface area contributed by atoms with E-state index >= 15 is 0 Å². The summed E-state index contributed by atoms with van der Waals surface area (Å²) < 4.78 is 29.1. The van der Waals surface area contributed by atoms with Crippen molar-refractivity contribution in [1.82, 2.24) is 29.5 Å². The normalized spacial score (nSPS) is 13.0. The van der Waals surface area contributed by atoms with Crippen molar-refractivity contribution in [3.8, 4) is 0 Å². The molecule has 0 spiro atoms. The number of aromatic nitrogens is 5. The molecule has 3 heterocycles. The molecular weight excluding hydrogens is 464 g/mol. The van der Waals surface area contributed by atoms with Crippen LogP contribution < -0.4 is 5.73 Å². The molecule has 1 atom stereocenters. The van der Waals surface area contributed by atoms with E-state index in [1.54, 1.807) is 25.8 Å². The molecule has 4 aromatic rings. The van der Waals surface area contributed by atoms with Crippen LogP contribution in [0.25, 0.3) is 16.6 Å². The number of nitrogens with two attached hydrogens (primary N) is 1. The van der Waals surface area contributed by atoms with E-state index in [4.69, 9.17) is 5.73 Å². The van der Waals surface area contributed by atoms with Gasteiger partial charge in [0.05, 0.1) is 11.6 Å². The first-order valence-electron chi connectivity index (χ1n) is 10.7. The molecule has 1 aromatic carbocycles. The van der Waals surface area contributed by atoms with Gasteiger partial charge in [-0.15, -0.1) is 16.4 Å². The molecule has 0 radical (unpaired) electrons. The highest BCUT2D eigenvalue weighted by Crippen LogP contribution is 2.26. The minimum Gasteiger partial charge on any atom is -0.383 e. The van der Waals surface area contributed by atoms with Crippen molar-refractivity contribution in [2.45, 2.75) is 51.7 Å². The molecule has 0 saturated heterocycles. The molecule has 0 aliphatic rings. The summed E-state index contributed by atoms with van der Waals surface area (Å²) in [6.45, 7) is 5.19. The van der Waals surface area contributed by atoms with E-state index < -0.39 is 17.2 Å². The first-order valence-corrected chi connectivity index (χ1v) is 11.5. The van der Waals surface area contributed by atoms with Crippen molar-refractivity contribution in [1.29, 1.82) is 0 Å². The summed E-state index contributed by atoms with van der Waals surface area (Å²) >= 11 is 1.17. The Balaban J connectivity index is 1.44. The standard InChI is InChI=1S/C22H25F2N7O2S/c1-11(30(4)19(32)15-10-26-20(34-15)22(2,3)33)6-5-7-16-27-18-13-8-12(23)9-14(24)17(13)28-21(25)31(18)29-16/h8-11,33H,5-7H2,1-4H3,(H2,25,28)/t11-/m0/s1. The molecule has 34 heavy (non-hydrogen) atoms. The zero-order valence-corrected chi connectivity index (χ0v) is 20.0. The summed E-state index contributed by atoms with van der Waals surface area (Å²) in [5.41, 5.74) is 4.98. The second-order valence-corrected chi connectivity index (χ2v) is 9.79. The van der Waals surface area contributed by atoms with Crippen LogP contribution in [0.1, 0.15) is 54.1 Å². The lowest BCUT2D eigenvalue weighted by molar-refractivity contribution is 0.0740. The number of fused-ring (bicyclic) bond motifs is 3. The minimum absolute atomic E-state index is 0.0413. The van der Waals surface area contributed by atoms with Gasteiger partial charge >= 0.3 is 0 Å². The zero-order valence-electron chi connectivity index (χ0n) is 19.2. The third kappa shape index (κ3) is 4.55. The minimum atomic E-state index is -1.10. The fourth-order valence-electron chi connectivity index (χ4n) is 3.59. The van der Waals surface area contributed by atoms with Gasteiger partial charge in [0.1, 0.15) is 26.8 Å². The van der Waals surface area contributed by atoms with E-state index in [1.807, 2.05) is 6.92 Å².